The number of nitrogens with one attached hydrogen (secondary N) is 1. The molecule has 0 saturated heterocycles. The van der Waals surface area contributed by atoms with E-state index in [1.165, 1.54) is 25.3 Å². The Morgan fingerprint density at radius 3 is 2.48 bits per heavy atom. The van der Waals surface area contributed by atoms with Crippen molar-refractivity contribution in [2.45, 2.75) is 44.6 Å². The van der Waals surface area contributed by atoms with E-state index in [2.05, 4.69) is 5.32 Å². The molecule has 1 atom stereocenters. The number of hydrogen-bond acceptors (Lipinski definition) is 4. The quantitative estimate of drug-likeness (QED) is 0.623. The third-order valence-electron chi connectivity index (χ3n) is 4.97. The number of amides is 2. The van der Waals surface area contributed by atoms with Gasteiger partial charge in [0.1, 0.15) is 5.75 Å². The molecule has 6 nitrogen and oxygen atoms in total. The van der Waals surface area contributed by atoms with Gasteiger partial charge in [-0.05, 0) is 55.2 Å². The Bertz CT molecular complexity index is 899. The molecule has 1 aliphatic rings. The molecular formula is C22H25F3N2O4. The number of nitrogens with zero attached hydrogens (tertiary/aromatic N) is 1. The zero-order valence-electron chi connectivity index (χ0n) is 17.3. The van der Waals surface area contributed by atoms with Crippen LogP contribution in [-0.2, 0) is 6.54 Å². The van der Waals surface area contributed by atoms with E-state index in [9.17, 15) is 23.1 Å². The molecule has 3 rings (SSSR count). The standard InChI is InChI=1S/C22H25F3N2O4/c1-14(16-4-8-18(9-5-16)31-13-22(23,24)25)26-21(29)27(17-6-7-17)12-15-3-10-19(28)20(11-15)30-2/h3-5,8-11,14,17,28H,6-7,12-13H2,1-2H3,(H,26,29). The molecule has 0 radical (unpaired) electrons. The van der Waals surface area contributed by atoms with Crippen LogP contribution in [0.25, 0.3) is 0 Å². The number of urea groups is 1. The normalized spacial score (nSPS) is 14.6. The van der Waals surface area contributed by atoms with E-state index < -0.39 is 12.8 Å². The van der Waals surface area contributed by atoms with Gasteiger partial charge in [0.05, 0.1) is 13.2 Å². The zero-order valence-corrected chi connectivity index (χ0v) is 17.3. The third kappa shape index (κ3) is 6.44. The molecule has 2 amide bonds. The molecule has 1 fully saturated rings. The van der Waals surface area contributed by atoms with Crippen molar-refractivity contribution >= 4 is 6.03 Å². The highest BCUT2D eigenvalue weighted by molar-refractivity contribution is 5.75. The number of ether oxygens (including phenoxy) is 2. The molecule has 2 aromatic rings. The van der Waals surface area contributed by atoms with Gasteiger partial charge < -0.3 is 24.8 Å². The topological polar surface area (TPSA) is 71.0 Å². The van der Waals surface area contributed by atoms with Crippen molar-refractivity contribution in [1.82, 2.24) is 10.2 Å². The number of carbonyl (C=O) groups is 1. The van der Waals surface area contributed by atoms with Crippen molar-refractivity contribution in [2.75, 3.05) is 13.7 Å². The van der Waals surface area contributed by atoms with Crippen LogP contribution in [0.3, 0.4) is 0 Å². The summed E-state index contributed by atoms with van der Waals surface area (Å²) >= 11 is 0. The fourth-order valence-corrected chi connectivity index (χ4v) is 3.14. The average Bonchev–Trinajstić information content (AvgIpc) is 3.56. The largest absolute Gasteiger partial charge is 0.504 e. The van der Waals surface area contributed by atoms with E-state index >= 15 is 0 Å². The molecule has 1 unspecified atom stereocenters. The maximum Gasteiger partial charge on any atom is 0.422 e. The molecule has 31 heavy (non-hydrogen) atoms. The van der Waals surface area contributed by atoms with E-state index in [0.29, 0.717) is 12.3 Å². The second-order valence-corrected chi connectivity index (χ2v) is 7.51. The van der Waals surface area contributed by atoms with Gasteiger partial charge in [-0.25, -0.2) is 4.79 Å². The van der Waals surface area contributed by atoms with Crippen molar-refractivity contribution in [3.63, 3.8) is 0 Å². The van der Waals surface area contributed by atoms with E-state index in [4.69, 9.17) is 9.47 Å². The first kappa shape index (κ1) is 22.6. The molecule has 1 saturated carbocycles. The molecule has 0 spiro atoms. The monoisotopic (exact) mass is 438 g/mol. The third-order valence-corrected chi connectivity index (χ3v) is 4.97. The van der Waals surface area contributed by atoms with E-state index in [0.717, 1.165) is 24.0 Å². The summed E-state index contributed by atoms with van der Waals surface area (Å²) in [6.07, 6.45) is -2.56. The summed E-state index contributed by atoms with van der Waals surface area (Å²) in [7, 11) is 1.46. The first-order chi connectivity index (χ1) is 14.7. The molecule has 0 aliphatic heterocycles. The van der Waals surface area contributed by atoms with Gasteiger partial charge in [0.2, 0.25) is 0 Å². The number of phenolic OH excluding ortho intramolecular Hbond substituents is 1. The van der Waals surface area contributed by atoms with Crippen LogP contribution in [-0.4, -0.2) is 42.0 Å². The van der Waals surface area contributed by atoms with Crippen molar-refractivity contribution in [2.24, 2.45) is 0 Å². The molecule has 168 valence electrons. The summed E-state index contributed by atoms with van der Waals surface area (Å²) < 4.78 is 46.6. The second kappa shape index (κ2) is 9.36. The van der Waals surface area contributed by atoms with Gasteiger partial charge in [-0.3, -0.25) is 0 Å². The van der Waals surface area contributed by atoms with Crippen molar-refractivity contribution in [1.29, 1.82) is 0 Å². The maximum atomic E-state index is 12.9. The molecule has 0 bridgehead atoms. The van der Waals surface area contributed by atoms with Crippen LogP contribution in [0.5, 0.6) is 17.2 Å². The fraction of sp³-hybridized carbons (Fsp3) is 0.409. The Morgan fingerprint density at radius 1 is 1.23 bits per heavy atom. The minimum absolute atomic E-state index is 0.0324. The summed E-state index contributed by atoms with van der Waals surface area (Å²) in [5, 5.41) is 12.7. The highest BCUT2D eigenvalue weighted by Gasteiger charge is 2.33. The van der Waals surface area contributed by atoms with E-state index in [1.54, 1.807) is 36.1 Å². The summed E-state index contributed by atoms with van der Waals surface area (Å²) in [5.74, 6) is 0.486. The molecule has 0 aromatic heterocycles. The zero-order chi connectivity index (χ0) is 22.6. The van der Waals surface area contributed by atoms with Crippen LogP contribution in [0, 0.1) is 0 Å². The predicted octanol–water partition coefficient (Wildman–Crippen LogP) is 4.78. The van der Waals surface area contributed by atoms with Gasteiger partial charge in [-0.15, -0.1) is 0 Å². The summed E-state index contributed by atoms with van der Waals surface area (Å²) in [4.78, 5) is 14.6. The summed E-state index contributed by atoms with van der Waals surface area (Å²) in [5.41, 5.74) is 1.57. The number of alkyl halides is 3. The maximum absolute atomic E-state index is 12.9. The van der Waals surface area contributed by atoms with Crippen LogP contribution in [0.2, 0.25) is 0 Å². The van der Waals surface area contributed by atoms with Crippen molar-refractivity contribution < 1.29 is 32.5 Å². The number of phenols is 1. The minimum atomic E-state index is -4.40. The van der Waals surface area contributed by atoms with Gasteiger partial charge in [0.25, 0.3) is 0 Å². The number of rotatable bonds is 8. The SMILES string of the molecule is COc1cc(CN(C(=O)NC(C)c2ccc(OCC(F)(F)F)cc2)C2CC2)ccc1O. The first-order valence-corrected chi connectivity index (χ1v) is 9.89. The van der Waals surface area contributed by atoms with Crippen LogP contribution < -0.4 is 14.8 Å². The second-order valence-electron chi connectivity index (χ2n) is 7.51. The number of aromatic hydroxyl groups is 1. The van der Waals surface area contributed by atoms with Crippen molar-refractivity contribution in [3.8, 4) is 17.2 Å². The lowest BCUT2D eigenvalue weighted by atomic mass is 10.1. The molecule has 9 heteroatoms. The number of halogens is 3. The van der Waals surface area contributed by atoms with E-state index in [1.807, 2.05) is 0 Å². The van der Waals surface area contributed by atoms with Gasteiger partial charge >= 0.3 is 12.2 Å². The lowest BCUT2D eigenvalue weighted by Gasteiger charge is -2.26. The average molecular weight is 438 g/mol. The number of hydrogen-bond donors (Lipinski definition) is 2. The molecule has 2 N–H and O–H groups in total. The molecule has 1 aliphatic carbocycles. The summed E-state index contributed by atoms with van der Waals surface area (Å²) in [6.45, 7) is 0.819. The number of methoxy groups -OCH3 is 1. The number of benzene rings is 2. The van der Waals surface area contributed by atoms with E-state index in [-0.39, 0.29) is 29.6 Å². The highest BCUT2D eigenvalue weighted by atomic mass is 19.4. The van der Waals surface area contributed by atoms with Gasteiger partial charge in [0.15, 0.2) is 18.1 Å². The lowest BCUT2D eigenvalue weighted by Crippen LogP contribution is -2.41. The van der Waals surface area contributed by atoms with Crippen LogP contribution >= 0.6 is 0 Å². The smallest absolute Gasteiger partial charge is 0.422 e. The minimum Gasteiger partial charge on any atom is -0.504 e. The van der Waals surface area contributed by atoms with Crippen molar-refractivity contribution in [3.05, 3.63) is 53.6 Å². The Kier molecular flexibility index (Phi) is 6.82. The Hall–Kier alpha value is -3.10. The van der Waals surface area contributed by atoms with Crippen LogP contribution in [0.4, 0.5) is 18.0 Å². The Morgan fingerprint density at radius 2 is 1.90 bits per heavy atom. The van der Waals surface area contributed by atoms with Gasteiger partial charge in [-0.1, -0.05) is 18.2 Å². The Labute approximate surface area is 178 Å². The molecular weight excluding hydrogens is 413 g/mol. The number of carbonyl (C=O) groups excluding carboxylic acids is 1. The molecule has 2 aromatic carbocycles. The van der Waals surface area contributed by atoms with Crippen LogP contribution in [0.1, 0.15) is 36.9 Å². The summed E-state index contributed by atoms with van der Waals surface area (Å²) in [6, 6.07) is 10.7. The molecule has 0 heterocycles. The Balaban J connectivity index is 1.61. The van der Waals surface area contributed by atoms with Gasteiger partial charge in [0, 0.05) is 12.6 Å². The predicted molar refractivity (Wildman–Crippen MR) is 108 cm³/mol. The van der Waals surface area contributed by atoms with Crippen LogP contribution in [0.15, 0.2) is 42.5 Å². The van der Waals surface area contributed by atoms with Gasteiger partial charge in [-0.2, -0.15) is 13.2 Å². The first-order valence-electron chi connectivity index (χ1n) is 9.89. The fourth-order valence-electron chi connectivity index (χ4n) is 3.14. The lowest BCUT2D eigenvalue weighted by molar-refractivity contribution is -0.153. The highest BCUT2D eigenvalue weighted by Crippen LogP contribution is 2.31.